The smallest absolute Gasteiger partial charge is 0.387 e. The number of ether oxygens (including phenoxy) is 1. The Labute approximate surface area is 112 Å². The van der Waals surface area contributed by atoms with Gasteiger partial charge in [0, 0.05) is 12.6 Å². The summed E-state index contributed by atoms with van der Waals surface area (Å²) in [5, 5.41) is 3.40. The van der Waals surface area contributed by atoms with Crippen molar-refractivity contribution < 1.29 is 13.5 Å². The summed E-state index contributed by atoms with van der Waals surface area (Å²) >= 11 is 0. The molecule has 0 bridgehead atoms. The van der Waals surface area contributed by atoms with Crippen molar-refractivity contribution in [2.45, 2.75) is 31.9 Å². The first-order valence-electron chi connectivity index (χ1n) is 6.67. The van der Waals surface area contributed by atoms with Crippen molar-refractivity contribution in [1.29, 1.82) is 0 Å². The number of hydrogen-bond donors (Lipinski definition) is 2. The van der Waals surface area contributed by atoms with Gasteiger partial charge >= 0.3 is 6.61 Å². The van der Waals surface area contributed by atoms with Crippen LogP contribution in [0.3, 0.4) is 0 Å². The van der Waals surface area contributed by atoms with Crippen molar-refractivity contribution in [2.24, 2.45) is 11.7 Å². The van der Waals surface area contributed by atoms with Gasteiger partial charge in [-0.15, -0.1) is 0 Å². The van der Waals surface area contributed by atoms with E-state index in [1.54, 1.807) is 24.3 Å². The topological polar surface area (TPSA) is 47.3 Å². The molecule has 5 heteroatoms. The van der Waals surface area contributed by atoms with Gasteiger partial charge in [-0.05, 0) is 36.6 Å². The third-order valence-electron chi connectivity index (χ3n) is 3.38. The van der Waals surface area contributed by atoms with E-state index in [4.69, 9.17) is 5.73 Å². The van der Waals surface area contributed by atoms with Gasteiger partial charge in [-0.2, -0.15) is 8.78 Å². The van der Waals surface area contributed by atoms with E-state index in [2.05, 4.69) is 10.1 Å². The Morgan fingerprint density at radius 3 is 2.47 bits per heavy atom. The van der Waals surface area contributed by atoms with Gasteiger partial charge in [-0.3, -0.25) is 0 Å². The van der Waals surface area contributed by atoms with E-state index < -0.39 is 6.61 Å². The Bertz CT molecular complexity index is 380. The van der Waals surface area contributed by atoms with Crippen LogP contribution < -0.4 is 15.8 Å². The van der Waals surface area contributed by atoms with E-state index in [-0.39, 0.29) is 11.8 Å². The van der Waals surface area contributed by atoms with Gasteiger partial charge in [0.05, 0.1) is 0 Å². The van der Waals surface area contributed by atoms with Gasteiger partial charge in [0.2, 0.25) is 0 Å². The highest BCUT2D eigenvalue weighted by molar-refractivity contribution is 5.29. The number of rotatable bonds is 8. The Balaban J connectivity index is 1.85. The highest BCUT2D eigenvalue weighted by Crippen LogP contribution is 2.32. The molecule has 0 saturated heterocycles. The molecule has 19 heavy (non-hydrogen) atoms. The van der Waals surface area contributed by atoms with Crippen molar-refractivity contribution >= 4 is 0 Å². The largest absolute Gasteiger partial charge is 0.435 e. The van der Waals surface area contributed by atoms with E-state index >= 15 is 0 Å². The molecule has 3 N–H and O–H groups in total. The molecular formula is C14H20F2N2O. The molecule has 1 saturated carbocycles. The average molecular weight is 270 g/mol. The predicted molar refractivity (Wildman–Crippen MR) is 70.2 cm³/mol. The fraction of sp³-hybridized carbons (Fsp3) is 0.571. The van der Waals surface area contributed by atoms with Crippen LogP contribution in [-0.2, 0) is 0 Å². The maximum Gasteiger partial charge on any atom is 0.387 e. The Morgan fingerprint density at radius 2 is 1.95 bits per heavy atom. The number of nitrogens with two attached hydrogens (primary N) is 1. The van der Waals surface area contributed by atoms with Gasteiger partial charge in [-0.1, -0.05) is 25.0 Å². The molecule has 1 aromatic carbocycles. The Hall–Kier alpha value is -1.20. The quantitative estimate of drug-likeness (QED) is 0.763. The monoisotopic (exact) mass is 270 g/mol. The molecule has 1 aliphatic rings. The number of halogens is 2. The lowest BCUT2D eigenvalue weighted by molar-refractivity contribution is -0.0498. The molecule has 0 radical (unpaired) electrons. The predicted octanol–water partition coefficient (Wildman–Crippen LogP) is 2.68. The zero-order chi connectivity index (χ0) is 13.7. The van der Waals surface area contributed by atoms with Gasteiger partial charge in [0.1, 0.15) is 5.75 Å². The molecule has 1 unspecified atom stereocenters. The highest BCUT2D eigenvalue weighted by atomic mass is 19.3. The SMILES string of the molecule is NCC(NCCC1CC1)c1ccc(OC(F)F)cc1. The van der Waals surface area contributed by atoms with Crippen LogP contribution in [0.1, 0.15) is 30.9 Å². The molecule has 1 aliphatic carbocycles. The number of hydrogen-bond acceptors (Lipinski definition) is 3. The highest BCUT2D eigenvalue weighted by Gasteiger charge is 2.21. The summed E-state index contributed by atoms with van der Waals surface area (Å²) in [6.45, 7) is -1.35. The third kappa shape index (κ3) is 4.76. The van der Waals surface area contributed by atoms with Crippen LogP contribution in [0.2, 0.25) is 0 Å². The van der Waals surface area contributed by atoms with Crippen molar-refractivity contribution in [1.82, 2.24) is 5.32 Å². The van der Waals surface area contributed by atoms with Gasteiger partial charge in [-0.25, -0.2) is 0 Å². The van der Waals surface area contributed by atoms with Crippen LogP contribution in [0.15, 0.2) is 24.3 Å². The fourth-order valence-corrected chi connectivity index (χ4v) is 2.09. The first-order chi connectivity index (χ1) is 9.19. The summed E-state index contributed by atoms with van der Waals surface area (Å²) in [6.07, 6.45) is 3.87. The number of nitrogens with one attached hydrogen (secondary N) is 1. The zero-order valence-electron chi connectivity index (χ0n) is 10.8. The molecule has 3 nitrogen and oxygen atoms in total. The lowest BCUT2D eigenvalue weighted by Crippen LogP contribution is -2.29. The molecule has 0 amide bonds. The van der Waals surface area contributed by atoms with Gasteiger partial charge < -0.3 is 15.8 Å². The molecule has 0 heterocycles. The fourth-order valence-electron chi connectivity index (χ4n) is 2.09. The molecule has 0 spiro atoms. The van der Waals surface area contributed by atoms with Crippen molar-refractivity contribution in [3.63, 3.8) is 0 Å². The van der Waals surface area contributed by atoms with Crippen molar-refractivity contribution in [3.05, 3.63) is 29.8 Å². The lowest BCUT2D eigenvalue weighted by Gasteiger charge is -2.17. The van der Waals surface area contributed by atoms with Crippen molar-refractivity contribution in [2.75, 3.05) is 13.1 Å². The maximum atomic E-state index is 12.0. The summed E-state index contributed by atoms with van der Waals surface area (Å²) < 4.78 is 28.4. The van der Waals surface area contributed by atoms with E-state index in [1.807, 2.05) is 0 Å². The second-order valence-corrected chi connectivity index (χ2v) is 4.92. The number of benzene rings is 1. The second kappa shape index (κ2) is 6.82. The molecule has 1 fully saturated rings. The van der Waals surface area contributed by atoms with E-state index in [0.717, 1.165) is 18.0 Å². The Kier molecular flexibility index (Phi) is 5.10. The zero-order valence-corrected chi connectivity index (χ0v) is 10.8. The normalized spacial score (nSPS) is 16.6. The summed E-state index contributed by atoms with van der Waals surface area (Å²) in [7, 11) is 0. The minimum Gasteiger partial charge on any atom is -0.435 e. The average Bonchev–Trinajstić information content (AvgIpc) is 3.19. The molecular weight excluding hydrogens is 250 g/mol. The minimum atomic E-state index is -2.78. The molecule has 2 rings (SSSR count). The summed E-state index contributed by atoms with van der Waals surface area (Å²) in [5.74, 6) is 1.06. The van der Waals surface area contributed by atoms with E-state index in [0.29, 0.717) is 6.54 Å². The second-order valence-electron chi connectivity index (χ2n) is 4.92. The van der Waals surface area contributed by atoms with Crippen LogP contribution >= 0.6 is 0 Å². The minimum absolute atomic E-state index is 0.0688. The Morgan fingerprint density at radius 1 is 1.26 bits per heavy atom. The first-order valence-corrected chi connectivity index (χ1v) is 6.67. The molecule has 0 aromatic heterocycles. The summed E-state index contributed by atoms with van der Waals surface area (Å²) in [6, 6.07) is 6.72. The third-order valence-corrected chi connectivity index (χ3v) is 3.38. The van der Waals surface area contributed by atoms with Crippen LogP contribution in [0, 0.1) is 5.92 Å². The van der Waals surface area contributed by atoms with Crippen LogP contribution in [0.5, 0.6) is 5.75 Å². The molecule has 1 atom stereocenters. The number of alkyl halides is 2. The summed E-state index contributed by atoms with van der Waals surface area (Å²) in [5.41, 5.74) is 6.74. The van der Waals surface area contributed by atoms with E-state index in [9.17, 15) is 8.78 Å². The maximum absolute atomic E-state index is 12.0. The first kappa shape index (κ1) is 14.2. The van der Waals surface area contributed by atoms with E-state index in [1.165, 1.54) is 19.3 Å². The van der Waals surface area contributed by atoms with Crippen LogP contribution in [0.25, 0.3) is 0 Å². The van der Waals surface area contributed by atoms with Crippen LogP contribution in [0.4, 0.5) is 8.78 Å². The summed E-state index contributed by atoms with van der Waals surface area (Å²) in [4.78, 5) is 0. The molecule has 0 aliphatic heterocycles. The van der Waals surface area contributed by atoms with Crippen LogP contribution in [-0.4, -0.2) is 19.7 Å². The van der Waals surface area contributed by atoms with Crippen molar-refractivity contribution in [3.8, 4) is 5.75 Å². The molecule has 106 valence electrons. The standard InChI is InChI=1S/C14H20F2N2O/c15-14(16)19-12-5-3-11(4-6-12)13(9-17)18-8-7-10-1-2-10/h3-6,10,13-14,18H,1-2,7-9,17H2. The lowest BCUT2D eigenvalue weighted by atomic mass is 10.1. The van der Waals surface area contributed by atoms with Gasteiger partial charge in [0.25, 0.3) is 0 Å². The van der Waals surface area contributed by atoms with Gasteiger partial charge in [0.15, 0.2) is 0 Å². The molecule has 1 aromatic rings.